The third-order valence-corrected chi connectivity index (χ3v) is 3.50. The molecule has 2 N–H and O–H groups in total. The van der Waals surface area contributed by atoms with Crippen molar-refractivity contribution >= 4 is 11.9 Å². The standard InChI is InChI=1S/C16H16F3N3O4/c1-9-3-5-10(6-4-9)22-13(16(17,18)19)11(7-20-22)14(23)21-12(8-26-2)15(24)25/h3-7,12H,8H2,1-2H3,(H,21,23)(H,24,25). The van der Waals surface area contributed by atoms with Gasteiger partial charge in [0, 0.05) is 7.11 Å². The molecule has 1 atom stereocenters. The molecule has 10 heteroatoms. The average molecular weight is 371 g/mol. The first-order chi connectivity index (χ1) is 12.1. The first-order valence-corrected chi connectivity index (χ1v) is 7.40. The second kappa shape index (κ2) is 7.56. The van der Waals surface area contributed by atoms with Crippen LogP contribution in [0, 0.1) is 6.92 Å². The Hall–Kier alpha value is -2.88. The fraction of sp³-hybridized carbons (Fsp3) is 0.312. The number of carboxylic acids is 1. The average Bonchev–Trinajstić information content (AvgIpc) is 3.00. The lowest BCUT2D eigenvalue weighted by Gasteiger charge is -2.15. The van der Waals surface area contributed by atoms with E-state index in [-0.39, 0.29) is 5.69 Å². The van der Waals surface area contributed by atoms with Crippen molar-refractivity contribution in [3.05, 3.63) is 47.3 Å². The number of carboxylic acid groups (broad SMARTS) is 1. The number of halogens is 3. The lowest BCUT2D eigenvalue weighted by Crippen LogP contribution is -2.44. The smallest absolute Gasteiger partial charge is 0.434 e. The third-order valence-electron chi connectivity index (χ3n) is 3.50. The van der Waals surface area contributed by atoms with Crippen LogP contribution >= 0.6 is 0 Å². The molecule has 0 bridgehead atoms. The summed E-state index contributed by atoms with van der Waals surface area (Å²) in [4.78, 5) is 23.3. The number of alkyl halides is 3. The SMILES string of the molecule is COCC(NC(=O)c1cnn(-c2ccc(C)cc2)c1C(F)(F)F)C(=O)O. The summed E-state index contributed by atoms with van der Waals surface area (Å²) in [5.41, 5.74) is -1.11. The van der Waals surface area contributed by atoms with Crippen molar-refractivity contribution in [2.45, 2.75) is 19.1 Å². The molecular formula is C16H16F3N3O4. The maximum absolute atomic E-state index is 13.5. The van der Waals surface area contributed by atoms with Crippen molar-refractivity contribution in [2.24, 2.45) is 0 Å². The number of nitrogens with one attached hydrogen (secondary N) is 1. The van der Waals surface area contributed by atoms with Crippen molar-refractivity contribution in [2.75, 3.05) is 13.7 Å². The fourth-order valence-corrected chi connectivity index (χ4v) is 2.25. The Balaban J connectivity index is 2.44. The van der Waals surface area contributed by atoms with Gasteiger partial charge in [0.2, 0.25) is 0 Å². The predicted octanol–water partition coefficient (Wildman–Crippen LogP) is 2.03. The highest BCUT2D eigenvalue weighted by atomic mass is 19.4. The molecule has 2 rings (SSSR count). The Morgan fingerprint density at radius 1 is 1.31 bits per heavy atom. The monoisotopic (exact) mass is 371 g/mol. The number of carbonyl (C=O) groups excluding carboxylic acids is 1. The summed E-state index contributed by atoms with van der Waals surface area (Å²) in [7, 11) is 1.21. The van der Waals surface area contributed by atoms with Gasteiger partial charge in [-0.2, -0.15) is 18.3 Å². The number of carbonyl (C=O) groups is 2. The molecule has 26 heavy (non-hydrogen) atoms. The van der Waals surface area contributed by atoms with Gasteiger partial charge in [-0.3, -0.25) is 4.79 Å². The quantitative estimate of drug-likeness (QED) is 0.811. The summed E-state index contributed by atoms with van der Waals surface area (Å²) in [6.45, 7) is 1.38. The number of hydrogen-bond acceptors (Lipinski definition) is 4. The number of ether oxygens (including phenoxy) is 1. The van der Waals surface area contributed by atoms with E-state index in [4.69, 9.17) is 5.11 Å². The van der Waals surface area contributed by atoms with Crippen LogP contribution in [0.1, 0.15) is 21.6 Å². The number of hydrogen-bond donors (Lipinski definition) is 2. The van der Waals surface area contributed by atoms with Crippen LogP contribution in [0.25, 0.3) is 5.69 Å². The van der Waals surface area contributed by atoms with Crippen LogP contribution in [0.4, 0.5) is 13.2 Å². The minimum absolute atomic E-state index is 0.119. The van der Waals surface area contributed by atoms with E-state index in [2.05, 4.69) is 9.84 Å². The highest BCUT2D eigenvalue weighted by Gasteiger charge is 2.41. The maximum atomic E-state index is 13.5. The molecule has 0 saturated heterocycles. The first-order valence-electron chi connectivity index (χ1n) is 7.40. The molecule has 0 aliphatic rings. The number of aryl methyl sites for hydroxylation is 1. The van der Waals surface area contributed by atoms with Gasteiger partial charge in [0.05, 0.1) is 24.1 Å². The number of aromatic nitrogens is 2. The van der Waals surface area contributed by atoms with E-state index in [0.717, 1.165) is 11.8 Å². The largest absolute Gasteiger partial charge is 0.480 e. The van der Waals surface area contributed by atoms with Crippen LogP contribution in [0.15, 0.2) is 30.5 Å². The Labute approximate surface area is 146 Å². The van der Waals surface area contributed by atoms with Crippen LogP contribution in [-0.2, 0) is 15.7 Å². The molecule has 0 spiro atoms. The minimum Gasteiger partial charge on any atom is -0.480 e. The molecule has 2 aromatic rings. The highest BCUT2D eigenvalue weighted by Crippen LogP contribution is 2.33. The molecular weight excluding hydrogens is 355 g/mol. The van der Waals surface area contributed by atoms with E-state index in [9.17, 15) is 22.8 Å². The number of nitrogens with zero attached hydrogens (tertiary/aromatic N) is 2. The van der Waals surface area contributed by atoms with Crippen LogP contribution in [0.5, 0.6) is 0 Å². The summed E-state index contributed by atoms with van der Waals surface area (Å²) in [5.74, 6) is -2.64. The zero-order valence-corrected chi connectivity index (χ0v) is 13.9. The Kier molecular flexibility index (Phi) is 5.66. The van der Waals surface area contributed by atoms with Gasteiger partial charge in [-0.25, -0.2) is 9.48 Å². The number of benzene rings is 1. The van der Waals surface area contributed by atoms with Gasteiger partial charge in [0.1, 0.15) is 0 Å². The van der Waals surface area contributed by atoms with Gasteiger partial charge in [-0.15, -0.1) is 0 Å². The Bertz CT molecular complexity index is 800. The van der Waals surface area contributed by atoms with E-state index < -0.39 is 42.0 Å². The van der Waals surface area contributed by atoms with Gasteiger partial charge >= 0.3 is 12.1 Å². The molecule has 1 aromatic heterocycles. The van der Waals surface area contributed by atoms with E-state index in [1.165, 1.54) is 19.2 Å². The summed E-state index contributed by atoms with van der Waals surface area (Å²) in [6, 6.07) is 4.59. The van der Waals surface area contributed by atoms with Gasteiger partial charge in [-0.1, -0.05) is 17.7 Å². The van der Waals surface area contributed by atoms with Crippen molar-refractivity contribution in [3.63, 3.8) is 0 Å². The maximum Gasteiger partial charge on any atom is 0.434 e. The van der Waals surface area contributed by atoms with E-state index >= 15 is 0 Å². The summed E-state index contributed by atoms with van der Waals surface area (Å²) < 4.78 is 45.8. The summed E-state index contributed by atoms with van der Waals surface area (Å²) in [6.07, 6.45) is -4.13. The second-order valence-corrected chi connectivity index (χ2v) is 5.47. The molecule has 1 amide bonds. The number of aliphatic carboxylic acids is 1. The third kappa shape index (κ3) is 4.20. The van der Waals surface area contributed by atoms with E-state index in [1.807, 2.05) is 5.32 Å². The van der Waals surface area contributed by atoms with E-state index in [0.29, 0.717) is 4.68 Å². The van der Waals surface area contributed by atoms with Gasteiger partial charge in [0.25, 0.3) is 5.91 Å². The van der Waals surface area contributed by atoms with Crippen LogP contribution in [-0.4, -0.2) is 46.5 Å². The summed E-state index contributed by atoms with van der Waals surface area (Å²) in [5, 5.41) is 14.7. The molecule has 1 unspecified atom stereocenters. The molecule has 0 aliphatic heterocycles. The molecule has 1 heterocycles. The topological polar surface area (TPSA) is 93.5 Å². The van der Waals surface area contributed by atoms with Crippen molar-refractivity contribution in [1.29, 1.82) is 0 Å². The summed E-state index contributed by atoms with van der Waals surface area (Å²) >= 11 is 0. The highest BCUT2D eigenvalue weighted by molar-refractivity contribution is 5.97. The minimum atomic E-state index is -4.88. The molecule has 0 aliphatic carbocycles. The molecule has 0 fully saturated rings. The zero-order valence-electron chi connectivity index (χ0n) is 13.9. The van der Waals surface area contributed by atoms with Crippen molar-refractivity contribution in [3.8, 4) is 5.69 Å². The lowest BCUT2D eigenvalue weighted by molar-refractivity contribution is -0.143. The van der Waals surface area contributed by atoms with E-state index in [1.54, 1.807) is 19.1 Å². The van der Waals surface area contributed by atoms with Crippen LogP contribution in [0.3, 0.4) is 0 Å². The first kappa shape index (κ1) is 19.4. The fourth-order valence-electron chi connectivity index (χ4n) is 2.25. The number of rotatable bonds is 6. The molecule has 0 radical (unpaired) electrons. The Morgan fingerprint density at radius 2 is 1.92 bits per heavy atom. The molecule has 1 aromatic carbocycles. The van der Waals surface area contributed by atoms with Gasteiger partial charge in [0.15, 0.2) is 11.7 Å². The molecule has 0 saturated carbocycles. The van der Waals surface area contributed by atoms with Crippen molar-refractivity contribution in [1.82, 2.24) is 15.1 Å². The number of methoxy groups -OCH3 is 1. The lowest BCUT2D eigenvalue weighted by atomic mass is 10.2. The van der Waals surface area contributed by atoms with Crippen LogP contribution < -0.4 is 5.32 Å². The normalized spacial score (nSPS) is 12.7. The predicted molar refractivity (Wildman–Crippen MR) is 84.1 cm³/mol. The number of amides is 1. The zero-order chi connectivity index (χ0) is 19.5. The molecule has 7 nitrogen and oxygen atoms in total. The van der Waals surface area contributed by atoms with Gasteiger partial charge < -0.3 is 15.2 Å². The Morgan fingerprint density at radius 3 is 2.42 bits per heavy atom. The molecule has 140 valence electrons. The van der Waals surface area contributed by atoms with Crippen LogP contribution in [0.2, 0.25) is 0 Å². The second-order valence-electron chi connectivity index (χ2n) is 5.47. The van der Waals surface area contributed by atoms with Gasteiger partial charge in [-0.05, 0) is 19.1 Å². The van der Waals surface area contributed by atoms with Crippen molar-refractivity contribution < 1.29 is 32.6 Å².